The summed E-state index contributed by atoms with van der Waals surface area (Å²) in [6, 6.07) is 8.96. The van der Waals surface area contributed by atoms with Crippen LogP contribution in [0.5, 0.6) is 0 Å². The molecule has 7 aliphatic heterocycles. The van der Waals surface area contributed by atoms with E-state index in [1.165, 1.54) is 142 Å². The minimum absolute atomic E-state index is 0.385. The molecule has 9 unspecified atom stereocenters. The molecule has 7 saturated heterocycles. The highest BCUT2D eigenvalue weighted by Crippen LogP contribution is 2.41. The van der Waals surface area contributed by atoms with Gasteiger partial charge in [0.05, 0.1) is 0 Å². The van der Waals surface area contributed by atoms with E-state index in [0.717, 1.165) is 78.0 Å². The van der Waals surface area contributed by atoms with E-state index in [0.29, 0.717) is 40.0 Å². The van der Waals surface area contributed by atoms with Gasteiger partial charge in [0.15, 0.2) is 0 Å². The minimum atomic E-state index is 0.385. The van der Waals surface area contributed by atoms with E-state index in [9.17, 15) is 0 Å². The summed E-state index contributed by atoms with van der Waals surface area (Å²) in [5, 5.41) is 0. The molecule has 9 atom stereocenters. The van der Waals surface area contributed by atoms with Gasteiger partial charge >= 0.3 is 0 Å². The van der Waals surface area contributed by atoms with E-state index in [1.807, 2.05) is 0 Å². The SMILES string of the molecule is CC(C)N1C(C)(C)CCCC1(C)C.CC(C)N1C(C)CCCC1C.CC(C)N1CC(C)(C)CC(C)(C)C1.CC(C)N1CCCCC1.CC(C)N1CCCCC1C.CC1CC(C)C(C)N(C(C)C)C1C.CC1CC(C)CN(C(C)C)C1. The molecule has 7 heterocycles. The molecule has 7 aliphatic rings. The van der Waals surface area contributed by atoms with Crippen LogP contribution >= 0.6 is 0 Å². The second kappa shape index (κ2) is 36.1. The summed E-state index contributed by atoms with van der Waals surface area (Å²) in [4.78, 5) is 18.4. The maximum absolute atomic E-state index is 2.68. The van der Waals surface area contributed by atoms with Crippen molar-refractivity contribution in [2.45, 2.75) is 395 Å². The zero-order valence-corrected chi connectivity index (χ0v) is 60.9. The van der Waals surface area contributed by atoms with Gasteiger partial charge in [-0.3, -0.25) is 24.5 Å². The highest BCUT2D eigenvalue weighted by molar-refractivity contribution is 4.98. The molecule has 0 aromatic carbocycles. The first-order chi connectivity index (χ1) is 36.7. The summed E-state index contributed by atoms with van der Waals surface area (Å²) in [6.45, 7) is 81.8. The second-order valence-corrected chi connectivity index (χ2v) is 33.2. The highest BCUT2D eigenvalue weighted by Gasteiger charge is 2.43. The predicted octanol–water partition coefficient (Wildman–Crippen LogP) is 18.9. The molecule has 7 nitrogen and oxygen atoms in total. The van der Waals surface area contributed by atoms with Gasteiger partial charge in [-0.1, -0.05) is 74.7 Å². The van der Waals surface area contributed by atoms with Gasteiger partial charge in [-0.2, -0.15) is 0 Å². The first kappa shape index (κ1) is 77.7. The molecular formula is C73H153N7. The molecule has 0 aromatic rings. The van der Waals surface area contributed by atoms with Crippen molar-refractivity contribution in [3.05, 3.63) is 0 Å². The first-order valence-electron chi connectivity index (χ1n) is 35.0. The third kappa shape index (κ3) is 27.6. The molecule has 0 radical (unpaired) electrons. The lowest BCUT2D eigenvalue weighted by atomic mass is 9.71. The second-order valence-electron chi connectivity index (χ2n) is 33.2. The number of nitrogens with zero attached hydrogens (tertiary/aromatic N) is 7. The molecule has 0 amide bonds. The molecule has 0 aliphatic carbocycles. The van der Waals surface area contributed by atoms with E-state index in [4.69, 9.17) is 0 Å². The van der Waals surface area contributed by atoms with Crippen molar-refractivity contribution in [3.63, 3.8) is 0 Å². The standard InChI is InChI=1S/3C12H25N.2C10H21N.C9H19N.C8H17N/c1-10(2)13-8-11(3,4)7-12(5,6)9-13;1-10(2)13-11(3,4)8-7-9-12(13,5)6;1-8(2)13-11(5)9(3)7-10(4)12(13)6;1-8(2)11-6-9(3)5-10(4)7-11;1-8(2)11-9(3)6-5-7-10(11)4;1-8(2)10-7-5-4-6-9(10)3;1-8(2)9-6-4-3-5-7-9/h2*10H,7-9H2,1-6H3;8-12H,7H2,1-6H3;2*8-10H,5-7H2,1-4H3;8-9H,4-7H2,1-3H3;8H,3-7H2,1-2H3. The number of likely N-dealkylation sites (tertiary alicyclic amines) is 7. The van der Waals surface area contributed by atoms with Crippen LogP contribution < -0.4 is 0 Å². The molecule has 0 saturated carbocycles. The Morgan fingerprint density at radius 3 is 1.06 bits per heavy atom. The quantitative estimate of drug-likeness (QED) is 0.250. The Balaban J connectivity index is 0.000000468. The fourth-order valence-electron chi connectivity index (χ4n) is 17.1. The van der Waals surface area contributed by atoms with Gasteiger partial charge in [-0.25, -0.2) is 0 Å². The van der Waals surface area contributed by atoms with Crippen LogP contribution in [0.1, 0.15) is 311 Å². The van der Waals surface area contributed by atoms with Crippen LogP contribution in [-0.4, -0.2) is 164 Å². The van der Waals surface area contributed by atoms with Crippen LogP contribution in [-0.2, 0) is 0 Å². The lowest BCUT2D eigenvalue weighted by molar-refractivity contribution is -0.0508. The average molecular weight is 1130 g/mol. The van der Waals surface area contributed by atoms with Crippen LogP contribution in [0.15, 0.2) is 0 Å². The molecule has 7 heteroatoms. The van der Waals surface area contributed by atoms with Crippen molar-refractivity contribution in [1.29, 1.82) is 0 Å². The van der Waals surface area contributed by atoms with Gasteiger partial charge in [-0.05, 0) is 290 Å². The van der Waals surface area contributed by atoms with Crippen molar-refractivity contribution in [1.82, 2.24) is 34.3 Å². The largest absolute Gasteiger partial charge is 0.301 e. The summed E-state index contributed by atoms with van der Waals surface area (Å²) in [5.74, 6) is 3.52. The zero-order valence-electron chi connectivity index (χ0n) is 60.9. The summed E-state index contributed by atoms with van der Waals surface area (Å²) in [7, 11) is 0. The molecular weight excluding hydrogens is 975 g/mol. The zero-order chi connectivity index (χ0) is 61.8. The smallest absolute Gasteiger partial charge is 0.0161 e. The third-order valence-corrected chi connectivity index (χ3v) is 20.4. The number of hydrogen-bond acceptors (Lipinski definition) is 7. The molecule has 7 fully saturated rings. The van der Waals surface area contributed by atoms with E-state index in [2.05, 4.69) is 249 Å². The van der Waals surface area contributed by atoms with Crippen molar-refractivity contribution in [3.8, 4) is 0 Å². The van der Waals surface area contributed by atoms with E-state index in [1.54, 1.807) is 0 Å². The monoisotopic (exact) mass is 1130 g/mol. The Hall–Kier alpha value is -0.280. The van der Waals surface area contributed by atoms with E-state index in [-0.39, 0.29) is 0 Å². The van der Waals surface area contributed by atoms with Crippen molar-refractivity contribution >= 4 is 0 Å². The molecule has 0 spiro atoms. The predicted molar refractivity (Wildman–Crippen MR) is 362 cm³/mol. The Labute approximate surface area is 506 Å². The summed E-state index contributed by atoms with van der Waals surface area (Å²) < 4.78 is 0. The van der Waals surface area contributed by atoms with Crippen LogP contribution in [0.2, 0.25) is 0 Å². The van der Waals surface area contributed by atoms with Gasteiger partial charge in [0.2, 0.25) is 0 Å². The van der Waals surface area contributed by atoms with Crippen LogP contribution in [0.25, 0.3) is 0 Å². The number of hydrogen-bond donors (Lipinski definition) is 0. The first-order valence-corrected chi connectivity index (χ1v) is 35.0. The number of rotatable bonds is 7. The maximum Gasteiger partial charge on any atom is 0.0161 e. The third-order valence-electron chi connectivity index (χ3n) is 20.4. The molecule has 80 heavy (non-hydrogen) atoms. The fraction of sp³-hybridized carbons (Fsp3) is 1.00. The van der Waals surface area contributed by atoms with Crippen LogP contribution in [0.3, 0.4) is 0 Å². The van der Waals surface area contributed by atoms with Crippen LogP contribution in [0.4, 0.5) is 0 Å². The van der Waals surface area contributed by atoms with E-state index >= 15 is 0 Å². The molecule has 480 valence electrons. The van der Waals surface area contributed by atoms with Gasteiger partial charge in [0.25, 0.3) is 0 Å². The summed E-state index contributed by atoms with van der Waals surface area (Å²) >= 11 is 0. The Kier molecular flexibility index (Phi) is 35.1. The minimum Gasteiger partial charge on any atom is -0.301 e. The molecule has 0 aromatic heterocycles. The Bertz CT molecular complexity index is 1510. The lowest BCUT2D eigenvalue weighted by Gasteiger charge is -2.55. The van der Waals surface area contributed by atoms with Crippen molar-refractivity contribution in [2.75, 3.05) is 45.8 Å². The van der Waals surface area contributed by atoms with Crippen molar-refractivity contribution < 1.29 is 0 Å². The van der Waals surface area contributed by atoms with Gasteiger partial charge in [0.1, 0.15) is 0 Å². The van der Waals surface area contributed by atoms with Gasteiger partial charge in [0, 0.05) is 110 Å². The van der Waals surface area contributed by atoms with Gasteiger partial charge < -0.3 is 9.80 Å². The highest BCUT2D eigenvalue weighted by atomic mass is 15.3. The maximum atomic E-state index is 2.68. The summed E-state index contributed by atoms with van der Waals surface area (Å²) in [5.41, 5.74) is 1.75. The van der Waals surface area contributed by atoms with Crippen molar-refractivity contribution in [2.24, 2.45) is 34.5 Å². The molecule has 0 N–H and O–H groups in total. The van der Waals surface area contributed by atoms with E-state index < -0.39 is 0 Å². The summed E-state index contributed by atoms with van der Waals surface area (Å²) in [6.07, 6.45) is 21.0. The average Bonchev–Trinajstić information content (AvgIpc) is 3.30. The van der Waals surface area contributed by atoms with Crippen LogP contribution in [0, 0.1) is 34.5 Å². The Morgan fingerprint density at radius 2 is 0.750 bits per heavy atom. The fourth-order valence-corrected chi connectivity index (χ4v) is 17.1. The molecule has 0 bridgehead atoms. The topological polar surface area (TPSA) is 22.7 Å². The van der Waals surface area contributed by atoms with Gasteiger partial charge in [-0.15, -0.1) is 0 Å². The molecule has 7 rings (SSSR count). The normalized spacial score (nSPS) is 31.8. The Morgan fingerprint density at radius 1 is 0.350 bits per heavy atom. The lowest BCUT2D eigenvalue weighted by Crippen LogP contribution is -2.61. The number of piperidine rings is 7.